The number of tetrazole rings is 1. The number of H-pyrrole nitrogens is 1. The molecule has 0 amide bonds. The van der Waals surface area contributed by atoms with E-state index in [-0.39, 0.29) is 0 Å². The number of fused-ring (bicyclic) bond motifs is 3. The summed E-state index contributed by atoms with van der Waals surface area (Å²) >= 11 is 0. The predicted molar refractivity (Wildman–Crippen MR) is 121 cm³/mol. The SMILES string of the molecule is c1ccc(Cn2nnnc2-c2cc3c([nH]c4ccccc43)c(-c3ccccc3)n2)cc1. The number of aromatic nitrogens is 6. The molecule has 0 radical (unpaired) electrons. The molecule has 3 aromatic heterocycles. The van der Waals surface area contributed by atoms with Crippen molar-refractivity contribution in [2.75, 3.05) is 0 Å². The minimum Gasteiger partial charge on any atom is -0.353 e. The summed E-state index contributed by atoms with van der Waals surface area (Å²) in [7, 11) is 0. The van der Waals surface area contributed by atoms with Crippen molar-refractivity contribution in [3.63, 3.8) is 0 Å². The highest BCUT2D eigenvalue weighted by Gasteiger charge is 2.18. The van der Waals surface area contributed by atoms with E-state index in [0.29, 0.717) is 12.4 Å². The van der Waals surface area contributed by atoms with Crippen molar-refractivity contribution in [3.05, 3.63) is 96.6 Å². The molecule has 0 aliphatic carbocycles. The number of nitrogens with zero attached hydrogens (tertiary/aromatic N) is 5. The molecule has 1 N–H and O–H groups in total. The minimum atomic E-state index is 0.581. The highest BCUT2D eigenvalue weighted by atomic mass is 15.5. The molecule has 0 aliphatic heterocycles. The number of para-hydroxylation sites is 1. The molecular weight excluding hydrogens is 384 g/mol. The van der Waals surface area contributed by atoms with E-state index in [0.717, 1.165) is 44.3 Å². The van der Waals surface area contributed by atoms with Crippen molar-refractivity contribution in [1.82, 2.24) is 30.2 Å². The van der Waals surface area contributed by atoms with Crippen LogP contribution in [0.5, 0.6) is 0 Å². The summed E-state index contributed by atoms with van der Waals surface area (Å²) in [4.78, 5) is 8.57. The first-order valence-electron chi connectivity index (χ1n) is 10.1. The molecule has 31 heavy (non-hydrogen) atoms. The van der Waals surface area contributed by atoms with Crippen molar-refractivity contribution >= 4 is 21.8 Å². The molecular formula is C25H18N6. The molecule has 6 nitrogen and oxygen atoms in total. The van der Waals surface area contributed by atoms with Gasteiger partial charge in [0.15, 0.2) is 0 Å². The molecule has 0 atom stereocenters. The van der Waals surface area contributed by atoms with Crippen LogP contribution < -0.4 is 0 Å². The van der Waals surface area contributed by atoms with E-state index in [1.807, 2.05) is 42.5 Å². The third-order valence-corrected chi connectivity index (χ3v) is 5.48. The molecule has 6 aromatic rings. The van der Waals surface area contributed by atoms with Gasteiger partial charge in [-0.05, 0) is 28.1 Å². The van der Waals surface area contributed by atoms with E-state index in [9.17, 15) is 0 Å². The maximum Gasteiger partial charge on any atom is 0.201 e. The molecule has 0 spiro atoms. The average molecular weight is 402 g/mol. The van der Waals surface area contributed by atoms with Gasteiger partial charge in [0.25, 0.3) is 0 Å². The molecule has 6 heteroatoms. The zero-order valence-corrected chi connectivity index (χ0v) is 16.6. The summed E-state index contributed by atoms with van der Waals surface area (Å²) in [5, 5.41) is 14.7. The molecule has 0 aliphatic rings. The van der Waals surface area contributed by atoms with Gasteiger partial charge in [0.2, 0.25) is 5.82 Å². The first-order chi connectivity index (χ1) is 15.4. The maximum absolute atomic E-state index is 5.02. The molecule has 148 valence electrons. The Morgan fingerprint density at radius 2 is 1.52 bits per heavy atom. The Kier molecular flexibility index (Phi) is 4.06. The van der Waals surface area contributed by atoms with Crippen molar-refractivity contribution in [3.8, 4) is 22.8 Å². The summed E-state index contributed by atoms with van der Waals surface area (Å²) in [5.41, 5.74) is 5.90. The Morgan fingerprint density at radius 1 is 0.774 bits per heavy atom. The minimum absolute atomic E-state index is 0.581. The van der Waals surface area contributed by atoms with Gasteiger partial charge in [-0.3, -0.25) is 0 Å². The van der Waals surface area contributed by atoms with Crippen molar-refractivity contribution in [1.29, 1.82) is 0 Å². The molecule has 0 fully saturated rings. The fourth-order valence-corrected chi connectivity index (χ4v) is 4.02. The van der Waals surface area contributed by atoms with Crippen LogP contribution in [0, 0.1) is 0 Å². The summed E-state index contributed by atoms with van der Waals surface area (Å²) in [6.45, 7) is 0.581. The quantitative estimate of drug-likeness (QED) is 0.446. The molecule has 0 saturated heterocycles. The lowest BCUT2D eigenvalue weighted by atomic mass is 10.1. The Labute approximate surface area is 178 Å². The Morgan fingerprint density at radius 3 is 2.35 bits per heavy atom. The second kappa shape index (κ2) is 7.18. The lowest BCUT2D eigenvalue weighted by Crippen LogP contribution is -2.05. The number of pyridine rings is 1. The Balaban J connectivity index is 1.58. The monoisotopic (exact) mass is 402 g/mol. The standard InChI is InChI=1S/C25H18N6/c1-3-9-17(10-4-1)16-31-25(28-29-30-31)22-15-20-19-13-7-8-14-21(19)26-24(20)23(27-22)18-11-5-2-6-12-18/h1-15,26H,16H2. The van der Waals surface area contributed by atoms with Gasteiger partial charge in [-0.2, -0.15) is 0 Å². The van der Waals surface area contributed by atoms with Crippen molar-refractivity contribution < 1.29 is 0 Å². The van der Waals surface area contributed by atoms with Crippen LogP contribution in [0.25, 0.3) is 44.6 Å². The number of rotatable bonds is 4. The zero-order valence-electron chi connectivity index (χ0n) is 16.6. The van der Waals surface area contributed by atoms with Crippen LogP contribution in [0.15, 0.2) is 91.0 Å². The molecule has 6 rings (SSSR count). The van der Waals surface area contributed by atoms with Gasteiger partial charge in [0.1, 0.15) is 5.69 Å². The van der Waals surface area contributed by atoms with E-state index < -0.39 is 0 Å². The smallest absolute Gasteiger partial charge is 0.201 e. The van der Waals surface area contributed by atoms with Gasteiger partial charge in [0, 0.05) is 21.9 Å². The highest BCUT2D eigenvalue weighted by Crippen LogP contribution is 2.34. The number of benzene rings is 3. The lowest BCUT2D eigenvalue weighted by molar-refractivity contribution is 0.652. The second-order valence-corrected chi connectivity index (χ2v) is 7.46. The van der Waals surface area contributed by atoms with Gasteiger partial charge >= 0.3 is 0 Å². The van der Waals surface area contributed by atoms with Crippen LogP contribution in [0.4, 0.5) is 0 Å². The van der Waals surface area contributed by atoms with Gasteiger partial charge in [0.05, 0.1) is 17.8 Å². The molecule has 0 saturated carbocycles. The van der Waals surface area contributed by atoms with Gasteiger partial charge in [-0.25, -0.2) is 9.67 Å². The average Bonchev–Trinajstić information content (AvgIpc) is 3.44. The highest BCUT2D eigenvalue weighted by molar-refractivity contribution is 6.12. The second-order valence-electron chi connectivity index (χ2n) is 7.46. The largest absolute Gasteiger partial charge is 0.353 e. The predicted octanol–water partition coefficient (Wildman–Crippen LogP) is 5.08. The van der Waals surface area contributed by atoms with Crippen LogP contribution in [0.1, 0.15) is 5.56 Å². The summed E-state index contributed by atoms with van der Waals surface area (Å²) < 4.78 is 1.80. The lowest BCUT2D eigenvalue weighted by Gasteiger charge is -2.08. The topological polar surface area (TPSA) is 72.3 Å². The Hall–Kier alpha value is -4.32. The van der Waals surface area contributed by atoms with Crippen LogP contribution in [0.3, 0.4) is 0 Å². The third kappa shape index (κ3) is 3.05. The maximum atomic E-state index is 5.02. The molecule has 3 heterocycles. The van der Waals surface area contributed by atoms with E-state index >= 15 is 0 Å². The summed E-state index contributed by atoms with van der Waals surface area (Å²) in [6, 6.07) is 30.8. The van der Waals surface area contributed by atoms with Crippen LogP contribution in [-0.2, 0) is 6.54 Å². The summed E-state index contributed by atoms with van der Waals surface area (Å²) in [5.74, 6) is 0.646. The Bertz CT molecular complexity index is 1500. The first kappa shape index (κ1) is 17.5. The summed E-state index contributed by atoms with van der Waals surface area (Å²) in [6.07, 6.45) is 0. The fraction of sp³-hybridized carbons (Fsp3) is 0.0400. The van der Waals surface area contributed by atoms with Gasteiger partial charge in [-0.1, -0.05) is 78.9 Å². The van der Waals surface area contributed by atoms with E-state index in [1.54, 1.807) is 4.68 Å². The zero-order chi connectivity index (χ0) is 20.6. The van der Waals surface area contributed by atoms with Gasteiger partial charge < -0.3 is 4.98 Å². The molecule has 0 bridgehead atoms. The van der Waals surface area contributed by atoms with Crippen molar-refractivity contribution in [2.24, 2.45) is 0 Å². The van der Waals surface area contributed by atoms with E-state index in [1.165, 1.54) is 0 Å². The van der Waals surface area contributed by atoms with Crippen LogP contribution >= 0.6 is 0 Å². The van der Waals surface area contributed by atoms with Crippen LogP contribution in [-0.4, -0.2) is 30.2 Å². The first-order valence-corrected chi connectivity index (χ1v) is 10.1. The normalized spacial score (nSPS) is 11.4. The van der Waals surface area contributed by atoms with Crippen molar-refractivity contribution in [2.45, 2.75) is 6.54 Å². The van der Waals surface area contributed by atoms with E-state index in [2.05, 4.69) is 69.0 Å². The fourth-order valence-electron chi connectivity index (χ4n) is 4.02. The number of hydrogen-bond acceptors (Lipinski definition) is 4. The number of nitrogens with one attached hydrogen (secondary N) is 1. The van der Waals surface area contributed by atoms with E-state index in [4.69, 9.17) is 4.98 Å². The number of hydrogen-bond donors (Lipinski definition) is 1. The third-order valence-electron chi connectivity index (χ3n) is 5.48. The van der Waals surface area contributed by atoms with Gasteiger partial charge in [-0.15, -0.1) is 5.10 Å². The number of aromatic amines is 1. The molecule has 0 unspecified atom stereocenters. The molecule has 3 aromatic carbocycles. The van der Waals surface area contributed by atoms with Crippen LogP contribution in [0.2, 0.25) is 0 Å².